The van der Waals surface area contributed by atoms with Crippen LogP contribution in [0.25, 0.3) is 0 Å². The molecule has 0 atom stereocenters. The van der Waals surface area contributed by atoms with Crippen LogP contribution < -0.4 is 5.73 Å². The first-order valence-corrected chi connectivity index (χ1v) is 4.12. The molecule has 0 unspecified atom stereocenters. The van der Waals surface area contributed by atoms with Crippen LogP contribution >= 0.6 is 0 Å². The first kappa shape index (κ1) is 12.8. The van der Waals surface area contributed by atoms with E-state index in [1.807, 2.05) is 27.7 Å². The summed E-state index contributed by atoms with van der Waals surface area (Å²) < 4.78 is 0. The second-order valence-electron chi connectivity index (χ2n) is 1.24. The number of imidazole rings is 1. The molecule has 0 aliphatic carbocycles. The number of nitrogens with two attached hydrogens (primary N) is 1. The van der Waals surface area contributed by atoms with Gasteiger partial charge in [-0.15, -0.1) is 0 Å². The van der Waals surface area contributed by atoms with Crippen molar-refractivity contribution in [3.8, 4) is 0 Å². The zero-order valence-corrected chi connectivity index (χ0v) is 7.89. The Bertz CT molecular complexity index is 124. The second-order valence-corrected chi connectivity index (χ2v) is 1.24. The van der Waals surface area contributed by atoms with E-state index in [4.69, 9.17) is 5.73 Å². The van der Waals surface area contributed by atoms with Crippen molar-refractivity contribution in [3.05, 3.63) is 18.2 Å². The molecule has 0 saturated carbocycles. The highest BCUT2D eigenvalue weighted by Crippen LogP contribution is 1.81. The zero-order chi connectivity index (χ0) is 9.11. The largest absolute Gasteiger partial charge is 0.348 e. The average molecular weight is 157 g/mol. The summed E-state index contributed by atoms with van der Waals surface area (Å²) in [5.74, 6) is 0.833. The second kappa shape index (κ2) is 11.9. The molecule has 0 radical (unpaired) electrons. The number of hydrogen-bond donors (Lipinski definition) is 2. The van der Waals surface area contributed by atoms with Gasteiger partial charge in [0, 0.05) is 12.4 Å². The maximum absolute atomic E-state index is 5.20. The maximum Gasteiger partial charge on any atom is 0.119 e. The molecule has 3 nitrogen and oxygen atoms in total. The highest BCUT2D eigenvalue weighted by atomic mass is 14.9. The Morgan fingerprint density at radius 3 is 2.09 bits per heavy atom. The molecule has 0 bridgehead atoms. The van der Waals surface area contributed by atoms with Crippen LogP contribution in [-0.2, 0) is 6.54 Å². The predicted octanol–water partition coefficient (Wildman–Crippen LogP) is 1.92. The third kappa shape index (κ3) is 7.06. The first-order chi connectivity index (χ1) is 5.43. The zero-order valence-electron chi connectivity index (χ0n) is 7.89. The fourth-order valence-electron chi connectivity index (χ4n) is 0.410. The summed E-state index contributed by atoms with van der Waals surface area (Å²) in [6.45, 7) is 8.49. The van der Waals surface area contributed by atoms with E-state index in [0.717, 1.165) is 5.82 Å². The molecule has 11 heavy (non-hydrogen) atoms. The number of nitrogens with zero attached hydrogens (tertiary/aromatic N) is 1. The minimum atomic E-state index is 0.493. The van der Waals surface area contributed by atoms with Crippen molar-refractivity contribution < 1.29 is 0 Å². The van der Waals surface area contributed by atoms with E-state index in [-0.39, 0.29) is 0 Å². The van der Waals surface area contributed by atoms with Crippen LogP contribution in [0.2, 0.25) is 0 Å². The SMILES string of the molecule is CC.CC.NCc1ncc[nH]1. The van der Waals surface area contributed by atoms with Crippen LogP contribution in [0.5, 0.6) is 0 Å². The molecule has 0 spiro atoms. The van der Waals surface area contributed by atoms with Gasteiger partial charge in [0.15, 0.2) is 0 Å². The Hall–Kier alpha value is -0.830. The fourth-order valence-corrected chi connectivity index (χ4v) is 0.410. The van der Waals surface area contributed by atoms with Gasteiger partial charge in [-0.1, -0.05) is 27.7 Å². The van der Waals surface area contributed by atoms with Crippen LogP contribution in [0.4, 0.5) is 0 Å². The lowest BCUT2D eigenvalue weighted by molar-refractivity contribution is 0.950. The summed E-state index contributed by atoms with van der Waals surface area (Å²) in [4.78, 5) is 6.70. The Balaban J connectivity index is 0. The molecule has 0 amide bonds. The molecule has 1 heterocycles. The molecule has 66 valence electrons. The lowest BCUT2D eigenvalue weighted by Crippen LogP contribution is -1.97. The van der Waals surface area contributed by atoms with Gasteiger partial charge in [-0.3, -0.25) is 0 Å². The summed E-state index contributed by atoms with van der Waals surface area (Å²) in [7, 11) is 0. The number of hydrogen-bond acceptors (Lipinski definition) is 2. The van der Waals surface area contributed by atoms with Gasteiger partial charge in [0.25, 0.3) is 0 Å². The van der Waals surface area contributed by atoms with Gasteiger partial charge in [0.1, 0.15) is 5.82 Å². The standard InChI is InChI=1S/C4H7N3.2C2H6/c5-3-4-6-1-2-7-4;2*1-2/h1-2H,3,5H2,(H,6,7);2*1-2H3. The molecule has 1 aromatic heterocycles. The van der Waals surface area contributed by atoms with Gasteiger partial charge >= 0.3 is 0 Å². The minimum Gasteiger partial charge on any atom is -0.348 e. The summed E-state index contributed by atoms with van der Waals surface area (Å²) in [5, 5.41) is 0. The van der Waals surface area contributed by atoms with E-state index < -0.39 is 0 Å². The highest BCUT2D eigenvalue weighted by molar-refractivity contribution is 4.84. The summed E-state index contributed by atoms with van der Waals surface area (Å²) >= 11 is 0. The van der Waals surface area contributed by atoms with Gasteiger partial charge < -0.3 is 10.7 Å². The molecule has 1 rings (SSSR count). The average Bonchev–Trinajstić information content (AvgIpc) is 2.63. The van der Waals surface area contributed by atoms with E-state index >= 15 is 0 Å². The van der Waals surface area contributed by atoms with Crippen LogP contribution in [0.1, 0.15) is 33.5 Å². The molecule has 3 heteroatoms. The van der Waals surface area contributed by atoms with Crippen LogP contribution in [-0.4, -0.2) is 9.97 Å². The molecule has 1 aromatic rings. The monoisotopic (exact) mass is 157 g/mol. The Kier molecular flexibility index (Phi) is 13.9. The lowest BCUT2D eigenvalue weighted by atomic mass is 10.6. The van der Waals surface area contributed by atoms with Gasteiger partial charge in [-0.05, 0) is 0 Å². The maximum atomic E-state index is 5.20. The minimum absolute atomic E-state index is 0.493. The molecule has 0 fully saturated rings. The quantitative estimate of drug-likeness (QED) is 0.654. The third-order valence-electron chi connectivity index (χ3n) is 0.748. The molecule has 0 saturated heterocycles. The number of nitrogens with one attached hydrogen (secondary N) is 1. The number of rotatable bonds is 1. The molecular formula is C8H19N3. The molecule has 0 aromatic carbocycles. The Labute approximate surface area is 69.0 Å². The number of H-pyrrole nitrogens is 1. The van der Waals surface area contributed by atoms with Crippen LogP contribution in [0.3, 0.4) is 0 Å². The van der Waals surface area contributed by atoms with Crippen molar-refractivity contribution in [1.29, 1.82) is 0 Å². The van der Waals surface area contributed by atoms with Crippen molar-refractivity contribution in [3.63, 3.8) is 0 Å². The van der Waals surface area contributed by atoms with Gasteiger partial charge in [0.05, 0.1) is 6.54 Å². The van der Waals surface area contributed by atoms with Gasteiger partial charge in [-0.25, -0.2) is 4.98 Å². The molecule has 0 aliphatic heterocycles. The molecule has 0 aliphatic rings. The number of aromatic amines is 1. The van der Waals surface area contributed by atoms with Crippen molar-refractivity contribution in [1.82, 2.24) is 9.97 Å². The van der Waals surface area contributed by atoms with E-state index in [9.17, 15) is 0 Å². The van der Waals surface area contributed by atoms with E-state index in [1.165, 1.54) is 0 Å². The van der Waals surface area contributed by atoms with E-state index in [1.54, 1.807) is 12.4 Å². The summed E-state index contributed by atoms with van der Waals surface area (Å²) in [6, 6.07) is 0. The lowest BCUT2D eigenvalue weighted by Gasteiger charge is -1.80. The summed E-state index contributed by atoms with van der Waals surface area (Å²) in [5.41, 5.74) is 5.20. The van der Waals surface area contributed by atoms with Crippen molar-refractivity contribution in [2.75, 3.05) is 0 Å². The fraction of sp³-hybridized carbons (Fsp3) is 0.625. The highest BCUT2D eigenvalue weighted by Gasteiger charge is 1.82. The third-order valence-corrected chi connectivity index (χ3v) is 0.748. The normalized spacial score (nSPS) is 7.00. The number of aromatic nitrogens is 2. The molecular weight excluding hydrogens is 138 g/mol. The topological polar surface area (TPSA) is 54.7 Å². The van der Waals surface area contributed by atoms with Gasteiger partial charge in [0.2, 0.25) is 0 Å². The smallest absolute Gasteiger partial charge is 0.119 e. The van der Waals surface area contributed by atoms with E-state index in [2.05, 4.69) is 9.97 Å². The van der Waals surface area contributed by atoms with Crippen molar-refractivity contribution >= 4 is 0 Å². The predicted molar refractivity (Wildman–Crippen MR) is 49.2 cm³/mol. The van der Waals surface area contributed by atoms with Crippen LogP contribution in [0.15, 0.2) is 12.4 Å². The Morgan fingerprint density at radius 1 is 1.36 bits per heavy atom. The Morgan fingerprint density at radius 2 is 1.91 bits per heavy atom. The van der Waals surface area contributed by atoms with E-state index in [0.29, 0.717) is 6.54 Å². The first-order valence-electron chi connectivity index (χ1n) is 4.12. The summed E-state index contributed by atoms with van der Waals surface area (Å²) in [6.07, 6.45) is 3.43. The van der Waals surface area contributed by atoms with Crippen molar-refractivity contribution in [2.45, 2.75) is 34.2 Å². The molecule has 3 N–H and O–H groups in total. The van der Waals surface area contributed by atoms with Gasteiger partial charge in [-0.2, -0.15) is 0 Å². The van der Waals surface area contributed by atoms with Crippen molar-refractivity contribution in [2.24, 2.45) is 5.73 Å². The van der Waals surface area contributed by atoms with Crippen LogP contribution in [0, 0.1) is 0 Å².